The number of pyridine rings is 1. The molecule has 0 unspecified atom stereocenters. The van der Waals surface area contributed by atoms with E-state index in [1.54, 1.807) is 6.07 Å². The fourth-order valence-electron chi connectivity index (χ4n) is 2.78. The van der Waals surface area contributed by atoms with E-state index in [1.165, 1.54) is 6.07 Å². The van der Waals surface area contributed by atoms with Gasteiger partial charge in [-0.2, -0.15) is 0 Å². The molecule has 0 bridgehead atoms. The van der Waals surface area contributed by atoms with Crippen molar-refractivity contribution in [2.45, 2.75) is 39.2 Å². The molecule has 3 rings (SSSR count). The number of aryl methyl sites for hydroxylation is 1. The Morgan fingerprint density at radius 1 is 1.25 bits per heavy atom. The first-order chi connectivity index (χ1) is 13.1. The predicted molar refractivity (Wildman–Crippen MR) is 101 cm³/mol. The number of oxazole rings is 1. The minimum atomic E-state index is -0.123. The molecule has 3 aromatic rings. The van der Waals surface area contributed by atoms with Gasteiger partial charge in [-0.3, -0.25) is 4.79 Å². The maximum absolute atomic E-state index is 11.3. The molecule has 28 heavy (non-hydrogen) atoms. The van der Waals surface area contributed by atoms with E-state index >= 15 is 0 Å². The number of carbonyl (C=O) groups is 1. The van der Waals surface area contributed by atoms with Gasteiger partial charge in [-0.1, -0.05) is 11.6 Å². The van der Waals surface area contributed by atoms with Crippen LogP contribution in [0, 0.1) is 0 Å². The standard InChI is InChI=1S/C20H21ClN2O4.BrH/c1-2-26-19(25)6-4-3-5-9-23-10-7-14(8-11-23)20-22-16-12-15(21)17(24)13-18(16)27-20;/h7-8,10-13H,2-6,9H2,1H3;1H. The number of nitrogens with zero attached hydrogens (tertiary/aromatic N) is 2. The summed E-state index contributed by atoms with van der Waals surface area (Å²) in [5, 5.41) is 9.91. The smallest absolute Gasteiger partial charge is 0.305 e. The van der Waals surface area contributed by atoms with Crippen molar-refractivity contribution in [1.82, 2.24) is 4.98 Å². The van der Waals surface area contributed by atoms with Crippen LogP contribution in [0.2, 0.25) is 5.02 Å². The number of halogens is 2. The molecule has 1 N–H and O–H groups in total. The second-order valence-corrected chi connectivity index (χ2v) is 6.64. The first-order valence-electron chi connectivity index (χ1n) is 9.01. The summed E-state index contributed by atoms with van der Waals surface area (Å²) in [5.41, 5.74) is 1.94. The van der Waals surface area contributed by atoms with Gasteiger partial charge >= 0.3 is 5.97 Å². The number of hydrogen-bond donors (Lipinski definition) is 1. The van der Waals surface area contributed by atoms with E-state index in [1.807, 2.05) is 31.5 Å². The lowest BCUT2D eigenvalue weighted by atomic mass is 10.2. The van der Waals surface area contributed by atoms with Crippen molar-refractivity contribution in [2.24, 2.45) is 0 Å². The number of phenolic OH excluding ortho intramolecular Hbond substituents is 1. The van der Waals surface area contributed by atoms with Crippen molar-refractivity contribution in [3.63, 3.8) is 0 Å². The molecule has 0 saturated heterocycles. The summed E-state index contributed by atoms with van der Waals surface area (Å²) in [6, 6.07) is 6.92. The predicted octanol–water partition coefficient (Wildman–Crippen LogP) is 1.27. The van der Waals surface area contributed by atoms with Crippen LogP contribution in [-0.2, 0) is 16.1 Å². The molecule has 0 aliphatic carbocycles. The summed E-state index contributed by atoms with van der Waals surface area (Å²) < 4.78 is 12.7. The molecule has 1 aromatic carbocycles. The summed E-state index contributed by atoms with van der Waals surface area (Å²) in [6.07, 6.45) is 7.23. The summed E-state index contributed by atoms with van der Waals surface area (Å²) in [6.45, 7) is 3.13. The average Bonchev–Trinajstić information content (AvgIpc) is 3.05. The lowest BCUT2D eigenvalue weighted by molar-refractivity contribution is -0.697. The zero-order valence-electron chi connectivity index (χ0n) is 15.5. The number of aromatic hydroxyl groups is 1. The minimum Gasteiger partial charge on any atom is -1.00 e. The molecular formula is C20H22BrClN2O4. The number of phenols is 1. The molecule has 6 nitrogen and oxygen atoms in total. The third-order valence-electron chi connectivity index (χ3n) is 4.20. The molecular weight excluding hydrogens is 448 g/mol. The Labute approximate surface area is 178 Å². The summed E-state index contributed by atoms with van der Waals surface area (Å²) in [7, 11) is 0. The number of carbonyl (C=O) groups excluding carboxylic acids is 1. The number of hydrogen-bond acceptors (Lipinski definition) is 5. The molecule has 150 valence electrons. The quantitative estimate of drug-likeness (QED) is 0.305. The summed E-state index contributed by atoms with van der Waals surface area (Å²) in [5.74, 6) is 0.330. The van der Waals surface area contributed by atoms with E-state index in [4.69, 9.17) is 20.8 Å². The fraction of sp³-hybridized carbons (Fsp3) is 0.350. The Bertz CT molecular complexity index is 889. The van der Waals surface area contributed by atoms with E-state index in [0.29, 0.717) is 30.0 Å². The lowest BCUT2D eigenvalue weighted by Gasteiger charge is -2.01. The summed E-state index contributed by atoms with van der Waals surface area (Å²) in [4.78, 5) is 15.7. The van der Waals surface area contributed by atoms with Crippen molar-refractivity contribution in [1.29, 1.82) is 0 Å². The van der Waals surface area contributed by atoms with Gasteiger partial charge < -0.3 is 31.2 Å². The van der Waals surface area contributed by atoms with E-state index in [2.05, 4.69) is 9.55 Å². The normalized spacial score (nSPS) is 10.6. The zero-order valence-corrected chi connectivity index (χ0v) is 17.9. The first kappa shape index (κ1) is 22.2. The minimum absolute atomic E-state index is 0. The van der Waals surface area contributed by atoms with Crippen LogP contribution in [0.15, 0.2) is 41.1 Å². The highest BCUT2D eigenvalue weighted by Crippen LogP contribution is 2.31. The van der Waals surface area contributed by atoms with Gasteiger partial charge in [-0.25, -0.2) is 9.55 Å². The van der Waals surface area contributed by atoms with Gasteiger partial charge in [-0.15, -0.1) is 0 Å². The van der Waals surface area contributed by atoms with Crippen molar-refractivity contribution < 1.29 is 40.6 Å². The van der Waals surface area contributed by atoms with E-state index in [-0.39, 0.29) is 33.7 Å². The highest BCUT2D eigenvalue weighted by atomic mass is 79.9. The van der Waals surface area contributed by atoms with Gasteiger partial charge in [0.1, 0.15) is 17.8 Å². The number of unbranched alkanes of at least 4 members (excludes halogenated alkanes) is 2. The topological polar surface area (TPSA) is 76.4 Å². The van der Waals surface area contributed by atoms with Crippen LogP contribution < -0.4 is 21.5 Å². The van der Waals surface area contributed by atoms with Crippen molar-refractivity contribution in [3.8, 4) is 17.2 Å². The average molecular weight is 470 g/mol. The molecule has 0 radical (unpaired) electrons. The first-order valence-corrected chi connectivity index (χ1v) is 9.38. The highest BCUT2D eigenvalue weighted by Gasteiger charge is 2.12. The molecule has 0 aliphatic rings. The third-order valence-corrected chi connectivity index (χ3v) is 4.50. The van der Waals surface area contributed by atoms with E-state index in [0.717, 1.165) is 31.4 Å². The summed E-state index contributed by atoms with van der Waals surface area (Å²) >= 11 is 5.91. The maximum atomic E-state index is 11.3. The Hall–Kier alpha value is -2.12. The number of ether oxygens (including phenoxy) is 1. The Kier molecular flexibility index (Phi) is 8.26. The molecule has 0 fully saturated rings. The van der Waals surface area contributed by atoms with Gasteiger partial charge in [-0.05, 0) is 25.8 Å². The Morgan fingerprint density at radius 2 is 2.00 bits per heavy atom. The van der Waals surface area contributed by atoms with Gasteiger partial charge in [0.15, 0.2) is 18.0 Å². The Morgan fingerprint density at radius 3 is 2.71 bits per heavy atom. The highest BCUT2D eigenvalue weighted by molar-refractivity contribution is 6.32. The van der Waals surface area contributed by atoms with Crippen LogP contribution in [0.25, 0.3) is 22.6 Å². The second kappa shape index (κ2) is 10.4. The lowest BCUT2D eigenvalue weighted by Crippen LogP contribution is -3.00. The second-order valence-electron chi connectivity index (χ2n) is 6.23. The fourth-order valence-corrected chi connectivity index (χ4v) is 2.94. The van der Waals surface area contributed by atoms with Crippen molar-refractivity contribution in [3.05, 3.63) is 41.7 Å². The molecule has 0 atom stereocenters. The van der Waals surface area contributed by atoms with Gasteiger partial charge in [0, 0.05) is 36.6 Å². The van der Waals surface area contributed by atoms with Gasteiger partial charge in [0.2, 0.25) is 5.89 Å². The molecule has 0 aliphatic heterocycles. The Balaban J connectivity index is 0.00000280. The van der Waals surface area contributed by atoms with E-state index < -0.39 is 0 Å². The SMILES string of the molecule is CCOC(=O)CCCCC[n+]1ccc(-c2nc3cc(Cl)c(O)cc3o2)cc1.[Br-]. The molecule has 0 spiro atoms. The number of rotatable bonds is 8. The van der Waals surface area contributed by atoms with Crippen LogP contribution in [0.1, 0.15) is 32.6 Å². The number of esters is 1. The van der Waals surface area contributed by atoms with E-state index in [9.17, 15) is 9.90 Å². The maximum Gasteiger partial charge on any atom is 0.305 e. The van der Waals surface area contributed by atoms with Crippen LogP contribution in [0.4, 0.5) is 0 Å². The van der Waals surface area contributed by atoms with Crippen molar-refractivity contribution >= 4 is 28.7 Å². The molecule has 2 aromatic heterocycles. The van der Waals surface area contributed by atoms with Crippen molar-refractivity contribution in [2.75, 3.05) is 6.61 Å². The number of fused-ring (bicyclic) bond motifs is 1. The largest absolute Gasteiger partial charge is 1.00 e. The van der Waals surface area contributed by atoms with Crippen LogP contribution in [-0.4, -0.2) is 22.7 Å². The van der Waals surface area contributed by atoms with Gasteiger partial charge in [0.25, 0.3) is 0 Å². The third kappa shape index (κ3) is 5.69. The monoisotopic (exact) mass is 468 g/mol. The number of aromatic nitrogens is 2. The zero-order chi connectivity index (χ0) is 19.2. The van der Waals surface area contributed by atoms with Crippen LogP contribution >= 0.6 is 11.6 Å². The van der Waals surface area contributed by atoms with Crippen LogP contribution in [0.3, 0.4) is 0 Å². The molecule has 0 amide bonds. The molecule has 2 heterocycles. The molecule has 0 saturated carbocycles. The van der Waals surface area contributed by atoms with Gasteiger partial charge in [0.05, 0.1) is 11.6 Å². The number of benzene rings is 1. The van der Waals surface area contributed by atoms with Crippen LogP contribution in [0.5, 0.6) is 5.75 Å². The molecule has 8 heteroatoms.